The first kappa shape index (κ1) is 24.2. The molecule has 0 bridgehead atoms. The number of rotatable bonds is 7. The first-order chi connectivity index (χ1) is 16.4. The fourth-order valence-electron chi connectivity index (χ4n) is 2.84. The van der Waals surface area contributed by atoms with Gasteiger partial charge in [0.1, 0.15) is 17.4 Å². The zero-order chi connectivity index (χ0) is 24.5. The van der Waals surface area contributed by atoms with Crippen molar-refractivity contribution in [2.75, 3.05) is 11.9 Å². The molecule has 3 aromatic carbocycles. The molecule has 0 fully saturated rings. The molecule has 0 saturated heterocycles. The Hall–Kier alpha value is -4.41. The molecule has 0 radical (unpaired) electrons. The zero-order valence-electron chi connectivity index (χ0n) is 18.1. The van der Waals surface area contributed by atoms with E-state index in [0.717, 1.165) is 0 Å². The average molecular weight is 475 g/mol. The van der Waals surface area contributed by atoms with Crippen LogP contribution < -0.4 is 10.1 Å². The summed E-state index contributed by atoms with van der Waals surface area (Å²) in [6, 6.07) is 20.7. The van der Waals surface area contributed by atoms with Gasteiger partial charge in [-0.25, -0.2) is 9.59 Å². The first-order valence-corrected chi connectivity index (χ1v) is 10.6. The number of carbonyl (C=O) groups excluding carboxylic acids is 3. The van der Waals surface area contributed by atoms with Crippen LogP contribution in [0.3, 0.4) is 0 Å². The maximum absolute atomic E-state index is 12.6. The van der Waals surface area contributed by atoms with Gasteiger partial charge in [0.05, 0.1) is 17.7 Å². The number of nitrogens with one attached hydrogen (secondary N) is 1. The fraction of sp³-hybridized carbons (Fsp3) is 0.0769. The van der Waals surface area contributed by atoms with Gasteiger partial charge in [0.15, 0.2) is 0 Å². The van der Waals surface area contributed by atoms with Crippen LogP contribution in [0.15, 0.2) is 78.4 Å². The molecule has 0 spiro atoms. The summed E-state index contributed by atoms with van der Waals surface area (Å²) in [6.45, 7) is 1.97. The molecule has 3 aromatic rings. The summed E-state index contributed by atoms with van der Waals surface area (Å²) in [6.07, 6.45) is 1.38. The largest absolute Gasteiger partial charge is 0.462 e. The molecule has 0 aliphatic heterocycles. The van der Waals surface area contributed by atoms with Gasteiger partial charge in [-0.3, -0.25) is 4.79 Å². The molecule has 0 aliphatic carbocycles. The SMILES string of the molecule is CCOC(=O)c1ccc(NC(=O)/C(C#N)=C/c2cccc(OC(=O)c3ccc(Cl)cc3)c2)cc1. The molecular weight excluding hydrogens is 456 g/mol. The van der Waals surface area contributed by atoms with Gasteiger partial charge in [-0.05, 0) is 79.2 Å². The highest BCUT2D eigenvalue weighted by Crippen LogP contribution is 2.19. The number of hydrogen-bond acceptors (Lipinski definition) is 6. The van der Waals surface area contributed by atoms with Crippen LogP contribution in [-0.4, -0.2) is 24.5 Å². The van der Waals surface area contributed by atoms with Gasteiger partial charge in [0, 0.05) is 10.7 Å². The number of ether oxygens (including phenoxy) is 2. The van der Waals surface area contributed by atoms with Crippen molar-refractivity contribution in [1.29, 1.82) is 5.26 Å². The number of carbonyl (C=O) groups is 3. The topological polar surface area (TPSA) is 105 Å². The summed E-state index contributed by atoms with van der Waals surface area (Å²) in [5.41, 5.74) is 1.42. The van der Waals surface area contributed by atoms with Crippen LogP contribution in [0.25, 0.3) is 6.08 Å². The number of esters is 2. The highest BCUT2D eigenvalue weighted by Gasteiger charge is 2.12. The van der Waals surface area contributed by atoms with Crippen LogP contribution >= 0.6 is 11.6 Å². The van der Waals surface area contributed by atoms with Crippen molar-refractivity contribution in [3.63, 3.8) is 0 Å². The minimum Gasteiger partial charge on any atom is -0.462 e. The number of hydrogen-bond donors (Lipinski definition) is 1. The maximum Gasteiger partial charge on any atom is 0.343 e. The molecule has 1 amide bonds. The highest BCUT2D eigenvalue weighted by molar-refractivity contribution is 6.30. The van der Waals surface area contributed by atoms with Crippen molar-refractivity contribution in [1.82, 2.24) is 0 Å². The molecule has 0 heterocycles. The van der Waals surface area contributed by atoms with Crippen molar-refractivity contribution in [3.05, 3.63) is 100 Å². The normalized spacial score (nSPS) is 10.7. The number of anilines is 1. The summed E-state index contributed by atoms with van der Waals surface area (Å²) in [7, 11) is 0. The Kier molecular flexibility index (Phi) is 8.16. The predicted octanol–water partition coefficient (Wildman–Crippen LogP) is 5.28. The van der Waals surface area contributed by atoms with E-state index in [1.807, 2.05) is 6.07 Å². The fourth-order valence-corrected chi connectivity index (χ4v) is 2.96. The van der Waals surface area contributed by atoms with Gasteiger partial charge >= 0.3 is 11.9 Å². The molecule has 0 saturated carbocycles. The quantitative estimate of drug-likeness (QED) is 0.216. The second-order valence-corrected chi connectivity index (χ2v) is 7.33. The van der Waals surface area contributed by atoms with E-state index in [1.165, 1.54) is 36.4 Å². The third-order valence-corrected chi connectivity index (χ3v) is 4.73. The van der Waals surface area contributed by atoms with E-state index in [-0.39, 0.29) is 17.9 Å². The minimum absolute atomic E-state index is 0.157. The molecule has 0 aliphatic rings. The van der Waals surface area contributed by atoms with E-state index in [0.29, 0.717) is 27.4 Å². The lowest BCUT2D eigenvalue weighted by molar-refractivity contribution is -0.112. The van der Waals surface area contributed by atoms with E-state index in [9.17, 15) is 19.6 Å². The summed E-state index contributed by atoms with van der Waals surface area (Å²) >= 11 is 5.83. The number of halogens is 1. The van der Waals surface area contributed by atoms with E-state index in [1.54, 1.807) is 49.4 Å². The van der Waals surface area contributed by atoms with Crippen molar-refractivity contribution in [2.24, 2.45) is 0 Å². The summed E-state index contributed by atoms with van der Waals surface area (Å²) in [5.74, 6) is -1.41. The smallest absolute Gasteiger partial charge is 0.343 e. The Morgan fingerprint density at radius 1 is 0.971 bits per heavy atom. The zero-order valence-corrected chi connectivity index (χ0v) is 18.8. The van der Waals surface area contributed by atoms with Gasteiger partial charge in [-0.15, -0.1) is 0 Å². The predicted molar refractivity (Wildman–Crippen MR) is 127 cm³/mol. The molecule has 1 N–H and O–H groups in total. The Morgan fingerprint density at radius 3 is 2.26 bits per heavy atom. The molecular formula is C26H19ClN2O5. The van der Waals surface area contributed by atoms with E-state index >= 15 is 0 Å². The Bertz CT molecular complexity index is 1280. The van der Waals surface area contributed by atoms with E-state index in [2.05, 4.69) is 5.32 Å². The number of nitriles is 1. The standard InChI is InChI=1S/C26H19ClN2O5/c1-2-33-25(31)18-8-12-22(13-9-18)29-24(30)20(16-28)14-17-4-3-5-23(15-17)34-26(32)19-6-10-21(27)11-7-19/h3-15H,2H2,1H3,(H,29,30)/b20-14+. The maximum atomic E-state index is 12.6. The monoisotopic (exact) mass is 474 g/mol. The Balaban J connectivity index is 1.70. The number of benzene rings is 3. The Labute approximate surface area is 201 Å². The number of nitrogens with zero attached hydrogens (tertiary/aromatic N) is 1. The third-order valence-electron chi connectivity index (χ3n) is 4.48. The van der Waals surface area contributed by atoms with Crippen LogP contribution in [0.1, 0.15) is 33.2 Å². The molecule has 0 atom stereocenters. The van der Waals surface area contributed by atoms with Crippen LogP contribution in [0.5, 0.6) is 5.75 Å². The van der Waals surface area contributed by atoms with Crippen LogP contribution in [0, 0.1) is 11.3 Å². The lowest BCUT2D eigenvalue weighted by atomic mass is 10.1. The molecule has 0 aromatic heterocycles. The van der Waals surface area contributed by atoms with Crippen LogP contribution in [-0.2, 0) is 9.53 Å². The summed E-state index contributed by atoms with van der Waals surface area (Å²) in [5, 5.41) is 12.6. The molecule has 7 nitrogen and oxygen atoms in total. The highest BCUT2D eigenvalue weighted by atomic mass is 35.5. The Morgan fingerprint density at radius 2 is 1.62 bits per heavy atom. The second kappa shape index (κ2) is 11.5. The van der Waals surface area contributed by atoms with Crippen molar-refractivity contribution in [2.45, 2.75) is 6.92 Å². The van der Waals surface area contributed by atoms with Gasteiger partial charge in [0.25, 0.3) is 5.91 Å². The molecule has 3 rings (SSSR count). The van der Waals surface area contributed by atoms with Gasteiger partial charge in [-0.2, -0.15) is 5.26 Å². The molecule has 170 valence electrons. The van der Waals surface area contributed by atoms with Crippen LogP contribution in [0.4, 0.5) is 5.69 Å². The third kappa shape index (κ3) is 6.55. The van der Waals surface area contributed by atoms with Crippen molar-refractivity contribution in [3.8, 4) is 11.8 Å². The van der Waals surface area contributed by atoms with Gasteiger partial charge < -0.3 is 14.8 Å². The molecule has 0 unspecified atom stereocenters. The van der Waals surface area contributed by atoms with Crippen LogP contribution in [0.2, 0.25) is 5.02 Å². The van der Waals surface area contributed by atoms with Crippen molar-refractivity contribution >= 4 is 41.2 Å². The average Bonchev–Trinajstić information content (AvgIpc) is 2.83. The minimum atomic E-state index is -0.630. The summed E-state index contributed by atoms with van der Waals surface area (Å²) in [4.78, 5) is 36.6. The molecule has 8 heteroatoms. The summed E-state index contributed by atoms with van der Waals surface area (Å²) < 4.78 is 10.3. The van der Waals surface area contributed by atoms with Gasteiger partial charge in [-0.1, -0.05) is 23.7 Å². The second-order valence-electron chi connectivity index (χ2n) is 6.89. The van der Waals surface area contributed by atoms with E-state index < -0.39 is 17.8 Å². The lowest BCUT2D eigenvalue weighted by Crippen LogP contribution is -2.13. The number of amides is 1. The van der Waals surface area contributed by atoms with Crippen molar-refractivity contribution < 1.29 is 23.9 Å². The van der Waals surface area contributed by atoms with E-state index in [4.69, 9.17) is 21.1 Å². The molecule has 34 heavy (non-hydrogen) atoms. The first-order valence-electron chi connectivity index (χ1n) is 10.2. The van der Waals surface area contributed by atoms with Gasteiger partial charge in [0.2, 0.25) is 0 Å². The lowest BCUT2D eigenvalue weighted by Gasteiger charge is -2.07.